The number of rotatable bonds is 12. The lowest BCUT2D eigenvalue weighted by atomic mass is 9.43. The van der Waals surface area contributed by atoms with Crippen LogP contribution in [0.5, 0.6) is 0 Å². The van der Waals surface area contributed by atoms with E-state index in [0.29, 0.717) is 32.1 Å². The summed E-state index contributed by atoms with van der Waals surface area (Å²) in [5.41, 5.74) is -0.601. The number of hydrogen-bond acceptors (Lipinski definition) is 12. The van der Waals surface area contributed by atoms with Crippen LogP contribution in [0.1, 0.15) is 91.4 Å². The highest BCUT2D eigenvalue weighted by Crippen LogP contribution is 2.69. The highest BCUT2D eigenvalue weighted by Gasteiger charge is 2.66. The van der Waals surface area contributed by atoms with Crippen molar-refractivity contribution in [3.05, 3.63) is 0 Å². The molecule has 0 radical (unpaired) electrons. The van der Waals surface area contributed by atoms with Crippen molar-refractivity contribution in [3.63, 3.8) is 0 Å². The van der Waals surface area contributed by atoms with E-state index in [1.165, 1.54) is 14.2 Å². The molecule has 0 aromatic carbocycles. The van der Waals surface area contributed by atoms with Crippen molar-refractivity contribution in [2.24, 2.45) is 46.3 Å². The zero-order valence-electron chi connectivity index (χ0n) is 27.9. The van der Waals surface area contributed by atoms with Crippen molar-refractivity contribution in [1.82, 2.24) is 0 Å². The van der Waals surface area contributed by atoms with Crippen LogP contribution in [-0.2, 0) is 47.7 Å². The van der Waals surface area contributed by atoms with Gasteiger partial charge < -0.3 is 33.9 Å². The maximum atomic E-state index is 13.3. The minimum Gasteiger partial charge on any atom is -0.466 e. The summed E-state index contributed by atoms with van der Waals surface area (Å²) in [4.78, 5) is 60.6. The van der Waals surface area contributed by atoms with Gasteiger partial charge in [-0.05, 0) is 92.3 Å². The van der Waals surface area contributed by atoms with Gasteiger partial charge in [0.1, 0.15) is 6.10 Å². The predicted octanol–water partition coefficient (Wildman–Crippen LogP) is 3.13. The van der Waals surface area contributed by atoms with Crippen LogP contribution in [0.15, 0.2) is 0 Å². The minimum atomic E-state index is -0.701. The number of hydrogen-bond donors (Lipinski definition) is 2. The molecule has 11 unspecified atom stereocenters. The minimum absolute atomic E-state index is 0.0203. The first-order chi connectivity index (χ1) is 21.7. The van der Waals surface area contributed by atoms with Crippen LogP contribution in [-0.4, -0.2) is 85.8 Å². The summed E-state index contributed by atoms with van der Waals surface area (Å²) in [6, 6.07) is 0. The van der Waals surface area contributed by atoms with Gasteiger partial charge in [0.15, 0.2) is 13.2 Å². The smallest absolute Gasteiger partial charge is 0.344 e. The van der Waals surface area contributed by atoms with Crippen LogP contribution in [0.3, 0.4) is 0 Å². The Balaban J connectivity index is 1.53. The molecule has 4 saturated carbocycles. The number of methoxy groups -OCH3 is 2. The standard InChI is InChI=1S/C34H52O12/c1-19(6-9-27(37)44-17-30(40)42-4)22-7-8-23-32-24(33(2)13-12-21(35)14-20(33)15-25(32)36)16-26(34(22,23)3)46-29(39)11-10-28(38)45-18-31(41)43-5/h19-26,32,35-36H,6-18H2,1-5H3. The molecule has 0 aromatic heterocycles. The summed E-state index contributed by atoms with van der Waals surface area (Å²) < 4.78 is 25.3. The molecule has 0 aliphatic heterocycles. The largest absolute Gasteiger partial charge is 0.466 e. The van der Waals surface area contributed by atoms with Gasteiger partial charge in [0.2, 0.25) is 0 Å². The fourth-order valence-corrected chi connectivity index (χ4v) is 9.79. The Morgan fingerprint density at radius 3 is 2.00 bits per heavy atom. The molecule has 11 atom stereocenters. The van der Waals surface area contributed by atoms with Crippen LogP contribution in [0, 0.1) is 46.3 Å². The van der Waals surface area contributed by atoms with Crippen LogP contribution in [0.2, 0.25) is 0 Å². The summed E-state index contributed by atoms with van der Waals surface area (Å²) >= 11 is 0. The lowest BCUT2D eigenvalue weighted by molar-refractivity contribution is -0.218. The van der Waals surface area contributed by atoms with Crippen molar-refractivity contribution in [3.8, 4) is 0 Å². The summed E-state index contributed by atoms with van der Waals surface area (Å²) in [6.07, 6.45) is 3.96. The molecule has 4 rings (SSSR count). The molecule has 12 nitrogen and oxygen atoms in total. The second-order valence-electron chi connectivity index (χ2n) is 14.5. The van der Waals surface area contributed by atoms with Gasteiger partial charge in [0.05, 0.1) is 39.3 Å². The van der Waals surface area contributed by atoms with E-state index in [4.69, 9.17) is 14.2 Å². The number of carbonyl (C=O) groups excluding carboxylic acids is 5. The van der Waals surface area contributed by atoms with Crippen molar-refractivity contribution in [1.29, 1.82) is 0 Å². The SMILES string of the molecule is COC(=O)COC(=O)CCC(=O)OC1CC2C(C(O)CC3CC(O)CCC32C)C2CCC(C(C)CCC(=O)OCC(=O)OC)C12C. The van der Waals surface area contributed by atoms with Crippen molar-refractivity contribution >= 4 is 29.8 Å². The van der Waals surface area contributed by atoms with E-state index in [1.807, 2.05) is 0 Å². The van der Waals surface area contributed by atoms with E-state index in [2.05, 4.69) is 30.2 Å². The number of ether oxygens (including phenoxy) is 5. The molecule has 0 aromatic rings. The molecule has 260 valence electrons. The fraction of sp³-hybridized carbons (Fsp3) is 0.853. The van der Waals surface area contributed by atoms with Crippen LogP contribution in [0.4, 0.5) is 0 Å². The molecule has 46 heavy (non-hydrogen) atoms. The molecule has 0 bridgehead atoms. The van der Waals surface area contributed by atoms with E-state index in [0.717, 1.165) is 19.3 Å². The summed E-state index contributed by atoms with van der Waals surface area (Å²) in [7, 11) is 2.42. The highest BCUT2D eigenvalue weighted by molar-refractivity contribution is 5.80. The molecule has 0 spiro atoms. The van der Waals surface area contributed by atoms with Crippen molar-refractivity contribution in [2.75, 3.05) is 27.4 Å². The Morgan fingerprint density at radius 2 is 1.37 bits per heavy atom. The third kappa shape index (κ3) is 7.53. The second kappa shape index (κ2) is 15.0. The number of aliphatic hydroxyl groups excluding tert-OH is 2. The Hall–Kier alpha value is -2.73. The molecular formula is C34H52O12. The van der Waals surface area contributed by atoms with Gasteiger partial charge >= 0.3 is 29.8 Å². The molecule has 4 aliphatic carbocycles. The lowest BCUT2D eigenvalue weighted by Crippen LogP contribution is -2.63. The second-order valence-corrected chi connectivity index (χ2v) is 14.5. The molecule has 0 saturated heterocycles. The average molecular weight is 653 g/mol. The number of esters is 5. The normalized spacial score (nSPS) is 37.0. The summed E-state index contributed by atoms with van der Waals surface area (Å²) in [6.45, 7) is 5.57. The van der Waals surface area contributed by atoms with Crippen LogP contribution in [0.25, 0.3) is 0 Å². The number of aliphatic hydroxyl groups is 2. The Bertz CT molecular complexity index is 1140. The lowest BCUT2D eigenvalue weighted by Gasteiger charge is -2.63. The molecular weight excluding hydrogens is 600 g/mol. The van der Waals surface area contributed by atoms with Crippen LogP contribution >= 0.6 is 0 Å². The maximum absolute atomic E-state index is 13.3. The quantitative estimate of drug-likeness (QED) is 0.233. The van der Waals surface area contributed by atoms with Gasteiger partial charge in [-0.15, -0.1) is 0 Å². The zero-order valence-corrected chi connectivity index (χ0v) is 27.9. The van der Waals surface area contributed by atoms with Gasteiger partial charge in [-0.25, -0.2) is 9.59 Å². The predicted molar refractivity (Wildman–Crippen MR) is 161 cm³/mol. The molecule has 4 aliphatic rings. The first-order valence-corrected chi connectivity index (χ1v) is 16.7. The first kappa shape index (κ1) is 36.1. The third-order valence-corrected chi connectivity index (χ3v) is 12.3. The Morgan fingerprint density at radius 1 is 0.761 bits per heavy atom. The van der Waals surface area contributed by atoms with Gasteiger partial charge in [-0.1, -0.05) is 20.8 Å². The first-order valence-electron chi connectivity index (χ1n) is 16.7. The van der Waals surface area contributed by atoms with E-state index >= 15 is 0 Å². The monoisotopic (exact) mass is 652 g/mol. The van der Waals surface area contributed by atoms with E-state index < -0.39 is 60.7 Å². The molecule has 4 fully saturated rings. The van der Waals surface area contributed by atoms with E-state index in [1.54, 1.807) is 0 Å². The Kier molecular flexibility index (Phi) is 11.8. The van der Waals surface area contributed by atoms with Crippen molar-refractivity contribution < 1.29 is 57.9 Å². The number of carbonyl (C=O) groups is 5. The number of fused-ring (bicyclic) bond motifs is 5. The summed E-state index contributed by atoms with van der Waals surface area (Å²) in [5.74, 6) is -2.53. The maximum Gasteiger partial charge on any atom is 0.344 e. The van der Waals surface area contributed by atoms with E-state index in [-0.39, 0.29) is 66.3 Å². The molecule has 12 heteroatoms. The zero-order chi connectivity index (χ0) is 33.8. The molecule has 0 amide bonds. The fourth-order valence-electron chi connectivity index (χ4n) is 9.79. The van der Waals surface area contributed by atoms with E-state index in [9.17, 15) is 34.2 Å². The highest BCUT2D eigenvalue weighted by atomic mass is 16.6. The van der Waals surface area contributed by atoms with Gasteiger partial charge in [0, 0.05) is 11.8 Å². The topological polar surface area (TPSA) is 172 Å². The Labute approximate surface area is 271 Å². The summed E-state index contributed by atoms with van der Waals surface area (Å²) in [5, 5.41) is 22.2. The van der Waals surface area contributed by atoms with Gasteiger partial charge in [-0.2, -0.15) is 0 Å². The van der Waals surface area contributed by atoms with Gasteiger partial charge in [0.25, 0.3) is 0 Å². The third-order valence-electron chi connectivity index (χ3n) is 12.3. The van der Waals surface area contributed by atoms with Gasteiger partial charge in [-0.3, -0.25) is 14.4 Å². The van der Waals surface area contributed by atoms with Crippen LogP contribution < -0.4 is 0 Å². The average Bonchev–Trinajstić information content (AvgIpc) is 3.39. The molecule has 2 N–H and O–H groups in total. The molecule has 0 heterocycles. The van der Waals surface area contributed by atoms with Crippen molar-refractivity contribution in [2.45, 2.75) is 110 Å².